The predicted octanol–water partition coefficient (Wildman–Crippen LogP) is 3.44. The van der Waals surface area contributed by atoms with E-state index in [1.165, 1.54) is 37.7 Å². The predicted molar refractivity (Wildman–Crippen MR) is 80.9 cm³/mol. The first-order valence-corrected chi connectivity index (χ1v) is 7.50. The van der Waals surface area contributed by atoms with Crippen molar-refractivity contribution in [1.29, 1.82) is 0 Å². The van der Waals surface area contributed by atoms with Gasteiger partial charge in [0.1, 0.15) is 0 Å². The molecule has 0 bridgehead atoms. The van der Waals surface area contributed by atoms with Gasteiger partial charge in [0.15, 0.2) is 0 Å². The minimum atomic E-state index is 0.271. The third kappa shape index (κ3) is 3.36. The fraction of sp³-hybridized carbons (Fsp3) is 0.875. The number of hydrogen-bond donors (Lipinski definition) is 1. The van der Waals surface area contributed by atoms with Gasteiger partial charge in [-0.2, -0.15) is 0 Å². The van der Waals surface area contributed by atoms with Crippen molar-refractivity contribution in [3.63, 3.8) is 0 Å². The van der Waals surface area contributed by atoms with E-state index >= 15 is 0 Å². The van der Waals surface area contributed by atoms with Gasteiger partial charge in [-0.05, 0) is 65.6 Å². The molecule has 1 aliphatic carbocycles. The van der Waals surface area contributed by atoms with Crippen LogP contribution in [-0.4, -0.2) is 37.1 Å². The molecule has 0 aromatic rings. The van der Waals surface area contributed by atoms with Gasteiger partial charge in [-0.3, -0.25) is 0 Å². The summed E-state index contributed by atoms with van der Waals surface area (Å²) in [5.41, 5.74) is 1.56. The molecule has 1 fully saturated rings. The lowest BCUT2D eigenvalue weighted by Crippen LogP contribution is -2.61. The number of hydrogen-bond acceptors (Lipinski definition) is 2. The fourth-order valence-electron chi connectivity index (χ4n) is 3.37. The van der Waals surface area contributed by atoms with E-state index in [-0.39, 0.29) is 5.54 Å². The lowest BCUT2D eigenvalue weighted by molar-refractivity contribution is 0.0555. The third-order valence-corrected chi connectivity index (χ3v) is 4.66. The van der Waals surface area contributed by atoms with Gasteiger partial charge in [-0.1, -0.05) is 26.0 Å². The molecule has 1 saturated carbocycles. The van der Waals surface area contributed by atoms with Crippen LogP contribution in [0.25, 0.3) is 0 Å². The smallest absolute Gasteiger partial charge is 0.0460 e. The van der Waals surface area contributed by atoms with Crippen molar-refractivity contribution in [1.82, 2.24) is 10.2 Å². The second kappa shape index (κ2) is 6.72. The van der Waals surface area contributed by atoms with Crippen LogP contribution >= 0.6 is 0 Å². The van der Waals surface area contributed by atoms with Gasteiger partial charge >= 0.3 is 0 Å². The van der Waals surface area contributed by atoms with Crippen molar-refractivity contribution in [3.05, 3.63) is 12.2 Å². The molecule has 1 atom stereocenters. The Hall–Kier alpha value is -0.340. The Balaban J connectivity index is 2.89. The summed E-state index contributed by atoms with van der Waals surface area (Å²) < 4.78 is 0. The number of rotatable bonds is 6. The molecule has 18 heavy (non-hydrogen) atoms. The van der Waals surface area contributed by atoms with Crippen LogP contribution < -0.4 is 5.32 Å². The maximum atomic E-state index is 4.24. The third-order valence-electron chi connectivity index (χ3n) is 4.66. The first-order chi connectivity index (χ1) is 8.44. The van der Waals surface area contributed by atoms with Crippen LogP contribution in [0.1, 0.15) is 52.9 Å². The molecule has 1 N–H and O–H groups in total. The zero-order chi connectivity index (χ0) is 13.8. The van der Waals surface area contributed by atoms with Crippen LogP contribution in [-0.2, 0) is 0 Å². The van der Waals surface area contributed by atoms with Gasteiger partial charge in [0.05, 0.1) is 0 Å². The number of nitrogens with zero attached hydrogens (tertiary/aromatic N) is 1. The maximum Gasteiger partial charge on any atom is 0.0460 e. The lowest BCUT2D eigenvalue weighted by atomic mass is 9.70. The van der Waals surface area contributed by atoms with Crippen molar-refractivity contribution < 1.29 is 0 Å². The molecular weight excluding hydrogens is 220 g/mol. The van der Waals surface area contributed by atoms with Gasteiger partial charge in [0, 0.05) is 11.6 Å². The molecule has 2 heteroatoms. The highest BCUT2D eigenvalue weighted by Gasteiger charge is 2.42. The molecule has 1 rings (SSSR count). The van der Waals surface area contributed by atoms with E-state index in [0.29, 0.717) is 6.04 Å². The second-order valence-electron chi connectivity index (χ2n) is 6.41. The van der Waals surface area contributed by atoms with E-state index in [2.05, 4.69) is 51.7 Å². The molecule has 0 aromatic heterocycles. The monoisotopic (exact) mass is 252 g/mol. The van der Waals surface area contributed by atoms with Crippen molar-refractivity contribution in [2.75, 3.05) is 20.6 Å². The summed E-state index contributed by atoms with van der Waals surface area (Å²) >= 11 is 0. The topological polar surface area (TPSA) is 15.3 Å². The zero-order valence-electron chi connectivity index (χ0n) is 13.1. The van der Waals surface area contributed by atoms with Crippen LogP contribution in [0.3, 0.4) is 0 Å². The molecular formula is C16H32N2. The summed E-state index contributed by atoms with van der Waals surface area (Å²) in [5, 5.41) is 3.73. The minimum absolute atomic E-state index is 0.271. The normalized spacial score (nSPS) is 30.4. The number of likely N-dealkylation sites (N-methyl/N-ethyl adjacent to an activating group) is 1. The Morgan fingerprint density at radius 3 is 2.33 bits per heavy atom. The fourth-order valence-corrected chi connectivity index (χ4v) is 3.37. The standard InChI is InChI=1S/C16H32N2/c1-7-12-17-15(13(2)3)16(18(5)6)10-8-14(4)9-11-16/h14-15,17H,2,7-12H2,1,3-6H3. The maximum absolute atomic E-state index is 4.24. The molecule has 2 nitrogen and oxygen atoms in total. The molecule has 1 aliphatic rings. The summed E-state index contributed by atoms with van der Waals surface area (Å²) in [5.74, 6) is 0.884. The van der Waals surface area contributed by atoms with Gasteiger partial charge in [0.2, 0.25) is 0 Å². The van der Waals surface area contributed by atoms with Gasteiger partial charge in [-0.25, -0.2) is 0 Å². The van der Waals surface area contributed by atoms with Gasteiger partial charge < -0.3 is 10.2 Å². The average Bonchev–Trinajstić information content (AvgIpc) is 2.31. The Morgan fingerprint density at radius 2 is 1.94 bits per heavy atom. The van der Waals surface area contributed by atoms with Crippen molar-refractivity contribution in [2.45, 2.75) is 64.5 Å². The Kier molecular flexibility index (Phi) is 5.87. The van der Waals surface area contributed by atoms with Gasteiger partial charge in [-0.15, -0.1) is 0 Å². The van der Waals surface area contributed by atoms with E-state index in [1.807, 2.05) is 0 Å². The molecule has 0 saturated heterocycles. The van der Waals surface area contributed by atoms with E-state index < -0.39 is 0 Å². The molecule has 0 radical (unpaired) electrons. The van der Waals surface area contributed by atoms with Crippen LogP contribution in [0.5, 0.6) is 0 Å². The second-order valence-corrected chi connectivity index (χ2v) is 6.41. The molecule has 1 unspecified atom stereocenters. The lowest BCUT2D eigenvalue weighted by Gasteiger charge is -2.50. The number of nitrogens with one attached hydrogen (secondary N) is 1. The summed E-state index contributed by atoms with van der Waals surface area (Å²) in [7, 11) is 4.47. The van der Waals surface area contributed by atoms with E-state index in [0.717, 1.165) is 12.5 Å². The molecule has 0 heterocycles. The summed E-state index contributed by atoms with van der Waals surface area (Å²) in [4.78, 5) is 2.45. The SMILES string of the molecule is C=C(C)C(NCCC)C1(N(C)C)CCC(C)CC1. The minimum Gasteiger partial charge on any atom is -0.309 e. The molecule has 0 amide bonds. The first-order valence-electron chi connectivity index (χ1n) is 7.50. The van der Waals surface area contributed by atoms with Crippen molar-refractivity contribution in [2.24, 2.45) is 5.92 Å². The van der Waals surface area contributed by atoms with Crippen LogP contribution in [0, 0.1) is 5.92 Å². The van der Waals surface area contributed by atoms with Crippen molar-refractivity contribution >= 4 is 0 Å². The molecule has 0 aliphatic heterocycles. The molecule has 106 valence electrons. The van der Waals surface area contributed by atoms with Crippen LogP contribution in [0.15, 0.2) is 12.2 Å². The van der Waals surface area contributed by atoms with E-state index in [4.69, 9.17) is 0 Å². The highest BCUT2D eigenvalue weighted by Crippen LogP contribution is 2.39. The van der Waals surface area contributed by atoms with Crippen LogP contribution in [0.2, 0.25) is 0 Å². The molecule has 0 aromatic carbocycles. The van der Waals surface area contributed by atoms with E-state index in [1.54, 1.807) is 0 Å². The quantitative estimate of drug-likeness (QED) is 0.729. The van der Waals surface area contributed by atoms with Crippen molar-refractivity contribution in [3.8, 4) is 0 Å². The summed E-state index contributed by atoms with van der Waals surface area (Å²) in [6.45, 7) is 12.1. The summed E-state index contributed by atoms with van der Waals surface area (Å²) in [6, 6.07) is 0.431. The Morgan fingerprint density at radius 1 is 1.39 bits per heavy atom. The first kappa shape index (κ1) is 15.7. The Labute approximate surface area is 114 Å². The highest BCUT2D eigenvalue weighted by molar-refractivity contribution is 5.15. The summed E-state index contributed by atoms with van der Waals surface area (Å²) in [6.07, 6.45) is 6.44. The zero-order valence-corrected chi connectivity index (χ0v) is 13.1. The largest absolute Gasteiger partial charge is 0.309 e. The van der Waals surface area contributed by atoms with Gasteiger partial charge in [0.25, 0.3) is 0 Å². The van der Waals surface area contributed by atoms with E-state index in [9.17, 15) is 0 Å². The highest BCUT2D eigenvalue weighted by atomic mass is 15.2. The molecule has 0 spiro atoms. The Bertz CT molecular complexity index is 262. The van der Waals surface area contributed by atoms with Crippen LogP contribution in [0.4, 0.5) is 0 Å². The average molecular weight is 252 g/mol.